The van der Waals surface area contributed by atoms with Gasteiger partial charge in [0.05, 0.1) is 47.3 Å². The molecule has 1 aromatic heterocycles. The summed E-state index contributed by atoms with van der Waals surface area (Å²) in [6.07, 6.45) is 0.315. The summed E-state index contributed by atoms with van der Waals surface area (Å²) in [7, 11) is 0.532. The monoisotopic (exact) mass is 506 g/mol. The number of hydrogen-bond donors (Lipinski definition) is 0. The molecule has 4 heterocycles. The largest absolute Gasteiger partial charge is 0.379 e. The van der Waals surface area contributed by atoms with Crippen molar-refractivity contribution in [3.05, 3.63) is 65.4 Å². The Balaban J connectivity index is 1.39. The second-order valence-electron chi connectivity index (χ2n) is 9.56. The van der Waals surface area contributed by atoms with Gasteiger partial charge in [-0.1, -0.05) is 30.3 Å². The number of methoxy groups -OCH3 is 1. The maximum absolute atomic E-state index is 13.5. The topological polar surface area (TPSA) is 76.9 Å². The Hall–Kier alpha value is -2.85. The van der Waals surface area contributed by atoms with Crippen molar-refractivity contribution in [2.24, 2.45) is 0 Å². The summed E-state index contributed by atoms with van der Waals surface area (Å²) in [6.45, 7) is 6.19. The summed E-state index contributed by atoms with van der Waals surface area (Å²) < 4.78 is 25.8. The van der Waals surface area contributed by atoms with Crippen LogP contribution in [0.4, 0.5) is 0 Å². The van der Waals surface area contributed by atoms with E-state index in [0.29, 0.717) is 44.1 Å². The number of amides is 1. The minimum Gasteiger partial charge on any atom is -0.379 e. The van der Waals surface area contributed by atoms with Crippen LogP contribution in [0.1, 0.15) is 34.6 Å². The van der Waals surface area contributed by atoms with Gasteiger partial charge in [0.1, 0.15) is 0 Å². The number of fused-ring (bicyclic) bond motifs is 3. The van der Waals surface area contributed by atoms with Crippen molar-refractivity contribution in [2.45, 2.75) is 29.7 Å². The number of nitrogens with zero attached hydrogens (tertiary/aromatic N) is 4. The van der Waals surface area contributed by atoms with Gasteiger partial charge in [0, 0.05) is 55.4 Å². The average molecular weight is 507 g/mol. The van der Waals surface area contributed by atoms with Gasteiger partial charge in [0.15, 0.2) is 5.69 Å². The summed E-state index contributed by atoms with van der Waals surface area (Å²) in [4.78, 5) is 18.5. The highest BCUT2D eigenvalue weighted by molar-refractivity contribution is 7.84. The molecule has 6 rings (SSSR count). The Morgan fingerprint density at radius 3 is 2.56 bits per heavy atom. The van der Waals surface area contributed by atoms with Crippen molar-refractivity contribution in [1.29, 1.82) is 0 Å². The third-order valence-electron chi connectivity index (χ3n) is 7.52. The molecule has 0 radical (unpaired) electrons. The predicted molar refractivity (Wildman–Crippen MR) is 137 cm³/mol. The van der Waals surface area contributed by atoms with E-state index in [9.17, 15) is 9.00 Å². The Morgan fingerprint density at radius 1 is 1.11 bits per heavy atom. The fraction of sp³-hybridized carbons (Fsp3) is 0.407. The van der Waals surface area contributed by atoms with Crippen LogP contribution in [-0.4, -0.2) is 82.3 Å². The van der Waals surface area contributed by atoms with Crippen molar-refractivity contribution in [3.63, 3.8) is 0 Å². The second-order valence-corrected chi connectivity index (χ2v) is 11.0. The van der Waals surface area contributed by atoms with Gasteiger partial charge in [0.25, 0.3) is 5.91 Å². The molecule has 2 fully saturated rings. The van der Waals surface area contributed by atoms with Crippen LogP contribution in [0.15, 0.2) is 53.4 Å². The minimum absolute atomic E-state index is 0.125. The lowest BCUT2D eigenvalue weighted by molar-refractivity contribution is -0.0479. The smallest absolute Gasteiger partial charge is 0.274 e. The van der Waals surface area contributed by atoms with E-state index >= 15 is 0 Å². The SMILES string of the molecule is COC1CN(C(C)c2ccc(-n3nc(C(=O)N4CCOCC4)c4c3-c3ccccc3S(=O)C4)cc2)C1. The van der Waals surface area contributed by atoms with Crippen LogP contribution < -0.4 is 0 Å². The molecule has 2 aromatic carbocycles. The van der Waals surface area contributed by atoms with Crippen LogP contribution in [0, 0.1) is 0 Å². The molecule has 2 atom stereocenters. The van der Waals surface area contributed by atoms with E-state index in [1.807, 2.05) is 28.9 Å². The first-order valence-corrected chi connectivity index (χ1v) is 13.7. The zero-order valence-electron chi connectivity index (χ0n) is 20.6. The van der Waals surface area contributed by atoms with E-state index in [1.54, 1.807) is 12.0 Å². The molecule has 36 heavy (non-hydrogen) atoms. The van der Waals surface area contributed by atoms with Crippen molar-refractivity contribution < 1.29 is 18.5 Å². The zero-order valence-corrected chi connectivity index (χ0v) is 21.4. The number of benzene rings is 2. The fourth-order valence-corrected chi connectivity index (χ4v) is 6.58. The Labute approximate surface area is 213 Å². The Kier molecular flexibility index (Phi) is 6.25. The summed E-state index contributed by atoms with van der Waals surface area (Å²) in [5.74, 6) is 0.156. The maximum Gasteiger partial charge on any atom is 0.274 e. The van der Waals surface area contributed by atoms with Crippen LogP contribution in [0.5, 0.6) is 0 Å². The molecule has 188 valence electrons. The lowest BCUT2D eigenvalue weighted by Crippen LogP contribution is -2.52. The zero-order chi connectivity index (χ0) is 24.8. The average Bonchev–Trinajstić information content (AvgIpc) is 3.28. The van der Waals surface area contributed by atoms with E-state index in [1.165, 1.54) is 5.56 Å². The molecular formula is C27H30N4O4S. The molecule has 0 aliphatic carbocycles. The fourth-order valence-electron chi connectivity index (χ4n) is 5.25. The van der Waals surface area contributed by atoms with Gasteiger partial charge in [-0.15, -0.1) is 0 Å². The first-order chi connectivity index (χ1) is 17.5. The molecule has 0 spiro atoms. The third-order valence-corrected chi connectivity index (χ3v) is 8.92. The predicted octanol–water partition coefficient (Wildman–Crippen LogP) is 3.02. The first-order valence-electron chi connectivity index (χ1n) is 12.4. The highest BCUT2D eigenvalue weighted by atomic mass is 32.2. The second kappa shape index (κ2) is 9.55. The summed E-state index contributed by atoms with van der Waals surface area (Å²) in [5, 5.41) is 4.85. The molecule has 0 N–H and O–H groups in total. The van der Waals surface area contributed by atoms with Crippen molar-refractivity contribution in [3.8, 4) is 16.9 Å². The Bertz CT molecular complexity index is 1310. The summed E-state index contributed by atoms with van der Waals surface area (Å²) in [6, 6.07) is 16.4. The number of ether oxygens (including phenoxy) is 2. The number of aromatic nitrogens is 2. The van der Waals surface area contributed by atoms with Gasteiger partial charge in [0.2, 0.25) is 0 Å². The molecular weight excluding hydrogens is 476 g/mol. The summed E-state index contributed by atoms with van der Waals surface area (Å²) in [5.41, 5.74) is 4.97. The number of carbonyl (C=O) groups is 1. The van der Waals surface area contributed by atoms with Crippen LogP contribution >= 0.6 is 0 Å². The Morgan fingerprint density at radius 2 is 1.83 bits per heavy atom. The summed E-state index contributed by atoms with van der Waals surface area (Å²) >= 11 is 0. The standard InChI is InChI=1S/C27H30N4O4S/c1-18(30-15-21(16-30)34-2)19-7-9-20(10-8-19)31-26-22-5-3-4-6-24(22)36(33)17-23(26)25(28-31)27(32)29-11-13-35-14-12-29/h3-10,18,21H,11-17H2,1-2H3. The van der Waals surface area contributed by atoms with Gasteiger partial charge >= 0.3 is 0 Å². The van der Waals surface area contributed by atoms with Gasteiger partial charge < -0.3 is 14.4 Å². The van der Waals surface area contributed by atoms with Crippen molar-refractivity contribution in [2.75, 3.05) is 46.5 Å². The quantitative estimate of drug-likeness (QED) is 0.530. The minimum atomic E-state index is -1.23. The number of carbonyl (C=O) groups excluding carboxylic acids is 1. The van der Waals surface area contributed by atoms with Gasteiger partial charge in [-0.05, 0) is 30.7 Å². The maximum atomic E-state index is 13.5. The molecule has 0 bridgehead atoms. The van der Waals surface area contributed by atoms with Crippen molar-refractivity contribution in [1.82, 2.24) is 19.6 Å². The number of hydrogen-bond acceptors (Lipinski definition) is 6. The van der Waals surface area contributed by atoms with Crippen LogP contribution in [0.3, 0.4) is 0 Å². The molecule has 2 unspecified atom stereocenters. The van der Waals surface area contributed by atoms with Crippen LogP contribution in [0.25, 0.3) is 16.9 Å². The first kappa shape index (κ1) is 23.5. The van der Waals surface area contributed by atoms with E-state index in [0.717, 1.165) is 40.5 Å². The highest BCUT2D eigenvalue weighted by Gasteiger charge is 2.34. The molecule has 0 saturated carbocycles. The van der Waals surface area contributed by atoms with Crippen molar-refractivity contribution >= 4 is 16.7 Å². The van der Waals surface area contributed by atoms with E-state index in [-0.39, 0.29) is 11.7 Å². The van der Waals surface area contributed by atoms with Gasteiger partial charge in [-0.2, -0.15) is 5.10 Å². The van der Waals surface area contributed by atoms with E-state index in [2.05, 4.69) is 36.1 Å². The van der Waals surface area contributed by atoms with Gasteiger partial charge in [-0.25, -0.2) is 4.68 Å². The normalized spacial score (nSPS) is 20.9. The van der Waals surface area contributed by atoms with Gasteiger partial charge in [-0.3, -0.25) is 13.9 Å². The highest BCUT2D eigenvalue weighted by Crippen LogP contribution is 2.39. The third kappa shape index (κ3) is 4.00. The lowest BCUT2D eigenvalue weighted by atomic mass is 10.0. The molecule has 9 heteroatoms. The lowest BCUT2D eigenvalue weighted by Gasteiger charge is -2.42. The number of rotatable bonds is 5. The molecule has 8 nitrogen and oxygen atoms in total. The molecule has 3 aromatic rings. The van der Waals surface area contributed by atoms with Crippen LogP contribution in [0.2, 0.25) is 0 Å². The van der Waals surface area contributed by atoms with E-state index < -0.39 is 10.8 Å². The van der Waals surface area contributed by atoms with E-state index in [4.69, 9.17) is 14.6 Å². The number of likely N-dealkylation sites (tertiary alicyclic amines) is 1. The molecule has 2 saturated heterocycles. The molecule has 3 aliphatic heterocycles. The molecule has 1 amide bonds. The number of morpholine rings is 1. The van der Waals surface area contributed by atoms with Crippen LogP contribution in [-0.2, 0) is 26.0 Å². The molecule has 3 aliphatic rings.